The minimum absolute atomic E-state index is 0.0880. The first-order valence-corrected chi connectivity index (χ1v) is 13.0. The Balaban J connectivity index is 1.51. The quantitative estimate of drug-likeness (QED) is 0.214. The van der Waals surface area contributed by atoms with Gasteiger partial charge in [0.2, 0.25) is 23.1 Å². The van der Waals surface area contributed by atoms with E-state index in [0.717, 1.165) is 35.0 Å². The number of aryl methyl sites for hydroxylation is 1. The van der Waals surface area contributed by atoms with Gasteiger partial charge in [0.1, 0.15) is 11.6 Å². The maximum absolute atomic E-state index is 15.7. The van der Waals surface area contributed by atoms with Crippen LogP contribution in [0.5, 0.6) is 0 Å². The lowest BCUT2D eigenvalue weighted by molar-refractivity contribution is -0.727. The average Bonchev–Trinajstić information content (AvgIpc) is 3.00. The zero-order valence-corrected chi connectivity index (χ0v) is 20.8. The molecule has 2 atom stereocenters. The number of aromatic nitrogens is 2. The second-order valence-corrected chi connectivity index (χ2v) is 10.1. The van der Waals surface area contributed by atoms with Gasteiger partial charge in [0.05, 0.1) is 11.5 Å². The number of allylic oxidation sites excluding steroid dienone is 1. The molecule has 38 heavy (non-hydrogen) atoms. The van der Waals surface area contributed by atoms with Gasteiger partial charge >= 0.3 is 0 Å². The predicted octanol–water partition coefficient (Wildman–Crippen LogP) is 7.30. The van der Waals surface area contributed by atoms with Crippen LogP contribution >= 0.6 is 0 Å². The van der Waals surface area contributed by atoms with Crippen molar-refractivity contribution in [2.75, 3.05) is 0 Å². The van der Waals surface area contributed by atoms with Crippen molar-refractivity contribution >= 4 is 5.70 Å². The van der Waals surface area contributed by atoms with Gasteiger partial charge in [-0.15, -0.1) is 0 Å². The summed E-state index contributed by atoms with van der Waals surface area (Å²) < 4.78 is 34.6. The summed E-state index contributed by atoms with van der Waals surface area (Å²) in [5.41, 5.74) is 8.22. The summed E-state index contributed by atoms with van der Waals surface area (Å²) in [5, 5.41) is 0. The third kappa shape index (κ3) is 3.52. The Hall–Kier alpha value is -4.44. The fraction of sp³-hybridized carbons (Fsp3) is 0.118. The van der Waals surface area contributed by atoms with Crippen molar-refractivity contribution in [2.24, 2.45) is 0 Å². The summed E-state index contributed by atoms with van der Waals surface area (Å²) in [6, 6.07) is 31.2. The highest BCUT2D eigenvalue weighted by Gasteiger charge is 2.46. The molecule has 2 aliphatic heterocycles. The van der Waals surface area contributed by atoms with Crippen LogP contribution in [0.1, 0.15) is 29.5 Å². The Morgan fingerprint density at radius 2 is 1.53 bits per heavy atom. The molecule has 2 aromatic heterocycles. The zero-order chi connectivity index (χ0) is 25.8. The van der Waals surface area contributed by atoms with Crippen LogP contribution < -0.4 is 9.13 Å². The number of rotatable bonds is 1. The molecular weight excluding hydrogens is 474 g/mol. The molecule has 4 heterocycles. The molecule has 3 aromatic carbocycles. The van der Waals surface area contributed by atoms with Crippen LogP contribution in [0.3, 0.4) is 0 Å². The molecule has 7 rings (SSSR count). The molecule has 2 aliphatic rings. The van der Waals surface area contributed by atoms with Crippen molar-refractivity contribution in [1.82, 2.24) is 0 Å². The van der Waals surface area contributed by atoms with Crippen LogP contribution in [0.15, 0.2) is 116 Å². The molecule has 0 saturated carbocycles. The molecule has 2 unspecified atom stereocenters. The maximum Gasteiger partial charge on any atom is 0.249 e. The largest absolute Gasteiger partial charge is 0.249 e. The smallest absolute Gasteiger partial charge is 0.207 e. The zero-order valence-electron chi connectivity index (χ0n) is 20.8. The number of hydrogen-bond acceptors (Lipinski definition) is 0. The van der Waals surface area contributed by atoms with Gasteiger partial charge in [-0.3, -0.25) is 0 Å². The molecule has 2 nitrogen and oxygen atoms in total. The molecular formula is C34H26F2N2+2. The van der Waals surface area contributed by atoms with Gasteiger partial charge in [-0.25, -0.2) is 8.78 Å². The van der Waals surface area contributed by atoms with Gasteiger partial charge in [-0.2, -0.15) is 9.13 Å². The summed E-state index contributed by atoms with van der Waals surface area (Å²) in [6.07, 6.45) is 5.37. The van der Waals surface area contributed by atoms with Crippen LogP contribution in [0, 0.1) is 11.6 Å². The molecule has 5 aromatic rings. The summed E-state index contributed by atoms with van der Waals surface area (Å²) in [7, 11) is 0. The standard InChI is InChI=1S/C34H26F2N2/c1-22-34-29(27-11-5-6-12-28(27)31-13-7-8-17-38(31)34)15-14-25-19-26(35)21-30(36)33(25)32-20-24(16-18-37(22)32)23-9-3-2-4-10-23/h2-13,16-21,29,34H,1,14-15H2/q+2. The van der Waals surface area contributed by atoms with E-state index in [1.165, 1.54) is 17.2 Å². The van der Waals surface area contributed by atoms with E-state index in [1.807, 2.05) is 59.3 Å². The van der Waals surface area contributed by atoms with Gasteiger partial charge in [0, 0.05) is 35.9 Å². The lowest BCUT2D eigenvalue weighted by Gasteiger charge is -2.29. The Kier molecular flexibility index (Phi) is 5.29. The van der Waals surface area contributed by atoms with E-state index in [2.05, 4.69) is 53.7 Å². The molecule has 0 spiro atoms. The van der Waals surface area contributed by atoms with Crippen molar-refractivity contribution in [1.29, 1.82) is 0 Å². The fourth-order valence-electron chi connectivity index (χ4n) is 6.37. The maximum atomic E-state index is 15.7. The molecule has 0 N–H and O–H groups in total. The van der Waals surface area contributed by atoms with E-state index in [-0.39, 0.29) is 12.0 Å². The number of hydrogen-bond donors (Lipinski definition) is 0. The van der Waals surface area contributed by atoms with Crippen LogP contribution in [0.4, 0.5) is 8.78 Å². The van der Waals surface area contributed by atoms with Gasteiger partial charge < -0.3 is 0 Å². The summed E-state index contributed by atoms with van der Waals surface area (Å²) >= 11 is 0. The van der Waals surface area contributed by atoms with Crippen molar-refractivity contribution in [3.63, 3.8) is 0 Å². The van der Waals surface area contributed by atoms with Gasteiger partial charge in [-0.1, -0.05) is 48.5 Å². The van der Waals surface area contributed by atoms with Crippen molar-refractivity contribution in [2.45, 2.75) is 24.8 Å². The highest BCUT2D eigenvalue weighted by atomic mass is 19.1. The number of halogens is 2. The van der Waals surface area contributed by atoms with E-state index in [4.69, 9.17) is 0 Å². The Labute approximate surface area is 220 Å². The fourth-order valence-corrected chi connectivity index (χ4v) is 6.37. The number of pyridine rings is 2. The third-order valence-electron chi connectivity index (χ3n) is 8.04. The molecule has 0 amide bonds. The van der Waals surface area contributed by atoms with Crippen LogP contribution in [-0.4, -0.2) is 0 Å². The Bertz CT molecular complexity index is 1720. The minimum Gasteiger partial charge on any atom is -0.207 e. The molecule has 0 aliphatic carbocycles. The molecule has 0 radical (unpaired) electrons. The average molecular weight is 501 g/mol. The second-order valence-electron chi connectivity index (χ2n) is 10.1. The van der Waals surface area contributed by atoms with E-state index in [1.54, 1.807) is 0 Å². The highest BCUT2D eigenvalue weighted by Crippen LogP contribution is 2.45. The van der Waals surface area contributed by atoms with E-state index >= 15 is 4.39 Å². The van der Waals surface area contributed by atoms with E-state index in [0.29, 0.717) is 23.2 Å². The van der Waals surface area contributed by atoms with Crippen LogP contribution in [-0.2, 0) is 6.42 Å². The van der Waals surface area contributed by atoms with Gasteiger partial charge in [0.15, 0.2) is 12.4 Å². The summed E-state index contributed by atoms with van der Waals surface area (Å²) in [4.78, 5) is 0. The Morgan fingerprint density at radius 1 is 0.737 bits per heavy atom. The third-order valence-corrected chi connectivity index (χ3v) is 8.04. The number of benzene rings is 3. The molecule has 0 bridgehead atoms. The summed E-state index contributed by atoms with van der Waals surface area (Å²) in [5.74, 6) is -1.01. The van der Waals surface area contributed by atoms with E-state index < -0.39 is 11.6 Å². The van der Waals surface area contributed by atoms with Crippen molar-refractivity contribution in [3.05, 3.63) is 139 Å². The number of fused-ring (bicyclic) bond motifs is 9. The lowest BCUT2D eigenvalue weighted by Crippen LogP contribution is -2.53. The minimum atomic E-state index is -0.551. The SMILES string of the molecule is C=C1C2C(CCc3cc(F)cc(F)c3-c3cc(-c4ccccc4)cc[n+]31)c1ccccc1-c1cccc[n+]12. The second kappa shape index (κ2) is 8.84. The molecule has 0 saturated heterocycles. The van der Waals surface area contributed by atoms with Crippen molar-refractivity contribution in [3.8, 4) is 33.6 Å². The molecule has 4 heteroatoms. The molecule has 184 valence electrons. The topological polar surface area (TPSA) is 7.76 Å². The van der Waals surface area contributed by atoms with Crippen molar-refractivity contribution < 1.29 is 17.9 Å². The normalized spacial score (nSPS) is 17.6. The highest BCUT2D eigenvalue weighted by molar-refractivity contribution is 5.72. The monoisotopic (exact) mass is 500 g/mol. The predicted molar refractivity (Wildman–Crippen MR) is 145 cm³/mol. The summed E-state index contributed by atoms with van der Waals surface area (Å²) in [6.45, 7) is 4.62. The van der Waals surface area contributed by atoms with E-state index in [9.17, 15) is 4.39 Å². The molecule has 0 fully saturated rings. The van der Waals surface area contributed by atoms with Gasteiger partial charge in [-0.05, 0) is 59.9 Å². The van der Waals surface area contributed by atoms with Gasteiger partial charge in [0.25, 0.3) is 0 Å². The number of nitrogens with zero attached hydrogens (tertiary/aromatic N) is 2. The first-order valence-electron chi connectivity index (χ1n) is 13.0. The lowest BCUT2D eigenvalue weighted by atomic mass is 9.78. The van der Waals surface area contributed by atoms with Crippen LogP contribution in [0.25, 0.3) is 39.3 Å². The first kappa shape index (κ1) is 22.7. The van der Waals surface area contributed by atoms with Crippen LogP contribution in [0.2, 0.25) is 0 Å². The Morgan fingerprint density at radius 3 is 2.39 bits per heavy atom. The first-order chi connectivity index (χ1) is 18.6.